The molecule has 0 saturated carbocycles. The highest BCUT2D eigenvalue weighted by molar-refractivity contribution is 5.94. The Morgan fingerprint density at radius 3 is 1.98 bits per heavy atom. The van der Waals surface area contributed by atoms with Gasteiger partial charge in [-0.05, 0) is 64.1 Å². The number of ether oxygens (including phenoxy) is 3. The molecule has 9 unspecified atom stereocenters. The lowest BCUT2D eigenvalue weighted by Gasteiger charge is -2.41. The number of carbonyl (C=O) groups excluding carboxylic acids is 6. The smallest absolute Gasteiger partial charge is 0.313 e. The van der Waals surface area contributed by atoms with Gasteiger partial charge in [-0.3, -0.25) is 33.7 Å². The summed E-state index contributed by atoms with van der Waals surface area (Å²) in [6.45, 7) is 17.1. The molecule has 1 aliphatic rings. The summed E-state index contributed by atoms with van der Waals surface area (Å²) in [5.41, 5.74) is 0.667. The molecule has 1 aromatic rings. The average molecular weight is 816 g/mol. The van der Waals surface area contributed by atoms with Crippen LogP contribution in [0.15, 0.2) is 30.3 Å². The lowest BCUT2D eigenvalue weighted by molar-refractivity contribution is -0.153. The minimum absolute atomic E-state index is 0.00713. The molecule has 14 heteroatoms. The fraction of sp³-hybridized carbons (Fsp3) is 0.727. The molecular weight excluding hydrogens is 743 g/mol. The van der Waals surface area contributed by atoms with E-state index in [0.717, 1.165) is 6.42 Å². The second kappa shape index (κ2) is 23.6. The van der Waals surface area contributed by atoms with Crippen LogP contribution in [-0.2, 0) is 43.0 Å². The molecule has 1 fully saturated rings. The van der Waals surface area contributed by atoms with E-state index < -0.39 is 60.4 Å². The van der Waals surface area contributed by atoms with Crippen molar-refractivity contribution < 1.29 is 43.0 Å². The van der Waals surface area contributed by atoms with Crippen LogP contribution in [0.5, 0.6) is 0 Å². The number of likely N-dealkylation sites (tertiary alicyclic amines) is 1. The second-order valence-electron chi connectivity index (χ2n) is 17.0. The summed E-state index contributed by atoms with van der Waals surface area (Å²) in [4.78, 5) is 85.3. The molecule has 0 aliphatic carbocycles. The Morgan fingerprint density at radius 2 is 1.48 bits per heavy atom. The summed E-state index contributed by atoms with van der Waals surface area (Å²) < 4.78 is 17.7. The molecule has 0 aromatic heterocycles. The zero-order valence-corrected chi connectivity index (χ0v) is 37.6. The van der Waals surface area contributed by atoms with Gasteiger partial charge < -0.3 is 34.6 Å². The predicted octanol–water partition coefficient (Wildman–Crippen LogP) is 4.40. The van der Waals surface area contributed by atoms with Gasteiger partial charge in [-0.15, -0.1) is 0 Å². The number of carbonyl (C=O) groups is 6. The van der Waals surface area contributed by atoms with Gasteiger partial charge in [0.25, 0.3) is 0 Å². The van der Waals surface area contributed by atoms with Gasteiger partial charge in [0, 0.05) is 27.8 Å². The molecule has 0 spiro atoms. The quantitative estimate of drug-likeness (QED) is 0.120. The number of nitrogens with zero attached hydrogens (tertiary/aromatic N) is 3. The third-order valence-electron chi connectivity index (χ3n) is 11.5. The van der Waals surface area contributed by atoms with E-state index in [2.05, 4.69) is 10.6 Å². The van der Waals surface area contributed by atoms with Crippen molar-refractivity contribution in [3.05, 3.63) is 35.9 Å². The summed E-state index contributed by atoms with van der Waals surface area (Å²) in [5, 5.41) is 6.02. The Morgan fingerprint density at radius 1 is 0.862 bits per heavy atom. The van der Waals surface area contributed by atoms with Crippen LogP contribution in [0.1, 0.15) is 106 Å². The lowest BCUT2D eigenvalue weighted by Crippen LogP contribution is -2.59. The van der Waals surface area contributed by atoms with E-state index in [-0.39, 0.29) is 60.0 Å². The van der Waals surface area contributed by atoms with Gasteiger partial charge in [0.15, 0.2) is 0 Å². The van der Waals surface area contributed by atoms with E-state index in [0.29, 0.717) is 24.9 Å². The molecule has 1 heterocycles. The third kappa shape index (κ3) is 13.6. The minimum Gasteiger partial charge on any atom is -0.455 e. The number of rotatable bonds is 23. The number of hydrogen-bond acceptors (Lipinski definition) is 10. The number of Topliss-reactive ketones (excluding diaryl/α,β-unsaturated/α-hetero) is 1. The van der Waals surface area contributed by atoms with Crippen LogP contribution >= 0.6 is 0 Å². The number of ketones is 1. The van der Waals surface area contributed by atoms with Gasteiger partial charge in [0.2, 0.25) is 23.6 Å². The molecule has 0 radical (unpaired) electrons. The Labute approximate surface area is 347 Å². The normalized spacial score (nSPS) is 19.1. The van der Waals surface area contributed by atoms with Gasteiger partial charge in [-0.25, -0.2) is 0 Å². The van der Waals surface area contributed by atoms with Gasteiger partial charge >= 0.3 is 5.97 Å². The first-order valence-electron chi connectivity index (χ1n) is 20.8. The molecule has 10 atom stereocenters. The minimum atomic E-state index is -0.841. The standard InChI is InChI=1S/C44H73N5O9/c1-15-28(6)39(48(12)44(55)37(26(2)3)46-43(54)38(27(4)5)47(10)11)34(56-13)25-35(51)49-23-19-22-33(49)40(57-14)30(8)42(53)45-31(9)41(32-20-17-16-18-21-32)58-36(52)24-29(7)50/h16-18,20-21,26-28,30-31,33-34,37-41H,15,19,22-25H2,1-14H3,(H,45,53)(H,46,54)/t28?,30?,31?,33?,34?,37-,38?,39?,40?,41?/m0/s1. The van der Waals surface area contributed by atoms with E-state index in [4.69, 9.17) is 14.2 Å². The highest BCUT2D eigenvalue weighted by Gasteiger charge is 2.43. The maximum atomic E-state index is 14.3. The van der Waals surface area contributed by atoms with Crippen molar-refractivity contribution in [2.75, 3.05) is 41.9 Å². The van der Waals surface area contributed by atoms with Crippen LogP contribution in [-0.4, -0.2) is 134 Å². The van der Waals surface area contributed by atoms with Crippen molar-refractivity contribution in [3.8, 4) is 0 Å². The molecule has 4 amide bonds. The van der Waals surface area contributed by atoms with Crippen LogP contribution in [0.2, 0.25) is 0 Å². The van der Waals surface area contributed by atoms with Gasteiger partial charge in [-0.1, -0.05) is 85.2 Å². The Balaban J connectivity index is 2.29. The van der Waals surface area contributed by atoms with Crippen molar-refractivity contribution in [1.82, 2.24) is 25.3 Å². The van der Waals surface area contributed by atoms with Crippen molar-refractivity contribution >= 4 is 35.4 Å². The molecule has 328 valence electrons. The SMILES string of the molecule is CCC(C)C(C(CC(=O)N1CCCC1C(OC)C(C)C(=O)NC(C)C(OC(=O)CC(C)=O)c1ccccc1)OC)N(C)C(=O)[C@@H](NC(=O)C(C(C)C)N(C)C)C(C)C. The predicted molar refractivity (Wildman–Crippen MR) is 223 cm³/mol. The molecule has 1 saturated heterocycles. The first-order valence-corrected chi connectivity index (χ1v) is 20.8. The Bertz CT molecular complexity index is 1500. The molecule has 2 rings (SSSR count). The average Bonchev–Trinajstić information content (AvgIpc) is 3.64. The molecule has 14 nitrogen and oxygen atoms in total. The summed E-state index contributed by atoms with van der Waals surface area (Å²) in [7, 11) is 8.49. The maximum Gasteiger partial charge on any atom is 0.313 e. The van der Waals surface area contributed by atoms with Crippen LogP contribution in [0.4, 0.5) is 0 Å². The molecule has 1 aromatic carbocycles. The van der Waals surface area contributed by atoms with Crippen LogP contribution in [0, 0.1) is 23.7 Å². The monoisotopic (exact) mass is 816 g/mol. The summed E-state index contributed by atoms with van der Waals surface area (Å²) in [6, 6.07) is 6.29. The van der Waals surface area contributed by atoms with Crippen molar-refractivity contribution in [2.45, 2.75) is 143 Å². The molecular formula is C44H73N5O9. The Hall–Kier alpha value is -3.88. The molecule has 1 aliphatic heterocycles. The number of amides is 4. The van der Waals surface area contributed by atoms with Crippen molar-refractivity contribution in [3.63, 3.8) is 0 Å². The number of likely N-dealkylation sites (N-methyl/N-ethyl adjacent to an activating group) is 2. The van der Waals surface area contributed by atoms with Gasteiger partial charge in [0.05, 0.1) is 48.7 Å². The highest BCUT2D eigenvalue weighted by Crippen LogP contribution is 2.30. The topological polar surface area (TPSA) is 164 Å². The summed E-state index contributed by atoms with van der Waals surface area (Å²) in [6.07, 6.45) is -0.482. The van der Waals surface area contributed by atoms with E-state index in [1.165, 1.54) is 14.0 Å². The highest BCUT2D eigenvalue weighted by atomic mass is 16.5. The fourth-order valence-corrected chi connectivity index (χ4v) is 8.33. The fourth-order valence-electron chi connectivity index (χ4n) is 8.33. The number of nitrogens with one attached hydrogen (secondary N) is 2. The van der Waals surface area contributed by atoms with E-state index >= 15 is 0 Å². The van der Waals surface area contributed by atoms with Crippen LogP contribution < -0.4 is 10.6 Å². The Kier molecular flexibility index (Phi) is 20.5. The molecule has 2 N–H and O–H groups in total. The number of esters is 1. The zero-order valence-electron chi connectivity index (χ0n) is 37.6. The van der Waals surface area contributed by atoms with Gasteiger partial charge in [0.1, 0.15) is 24.3 Å². The lowest BCUT2D eigenvalue weighted by atomic mass is 9.89. The molecule has 0 bridgehead atoms. The first kappa shape index (κ1) is 50.3. The van der Waals surface area contributed by atoms with Gasteiger partial charge in [-0.2, -0.15) is 0 Å². The third-order valence-corrected chi connectivity index (χ3v) is 11.5. The van der Waals surface area contributed by atoms with Crippen LogP contribution in [0.3, 0.4) is 0 Å². The number of methoxy groups -OCH3 is 2. The van der Waals surface area contributed by atoms with E-state index in [1.807, 2.05) is 66.6 Å². The van der Waals surface area contributed by atoms with Crippen LogP contribution in [0.25, 0.3) is 0 Å². The summed E-state index contributed by atoms with van der Waals surface area (Å²) >= 11 is 0. The maximum absolute atomic E-state index is 14.3. The van der Waals surface area contributed by atoms with Crippen molar-refractivity contribution in [2.24, 2.45) is 23.7 Å². The van der Waals surface area contributed by atoms with Crippen molar-refractivity contribution in [1.29, 1.82) is 0 Å². The second-order valence-corrected chi connectivity index (χ2v) is 17.0. The zero-order chi connectivity index (χ0) is 44.0. The van der Waals surface area contributed by atoms with E-state index in [1.54, 1.807) is 62.1 Å². The first-order chi connectivity index (χ1) is 27.2. The van der Waals surface area contributed by atoms with E-state index in [9.17, 15) is 28.8 Å². The summed E-state index contributed by atoms with van der Waals surface area (Å²) in [5.74, 6) is -2.90. The number of hydrogen-bond donors (Lipinski definition) is 2. The molecule has 58 heavy (non-hydrogen) atoms. The largest absolute Gasteiger partial charge is 0.455 e. The number of benzene rings is 1.